The molecule has 25 heavy (non-hydrogen) atoms. The molecule has 0 saturated heterocycles. The van der Waals surface area contributed by atoms with Gasteiger partial charge in [0.15, 0.2) is 11.4 Å². The third-order valence-corrected chi connectivity index (χ3v) is 7.07. The molecule has 0 N–H and O–H groups in total. The van der Waals surface area contributed by atoms with E-state index in [0.29, 0.717) is 25.7 Å². The molecule has 3 saturated carbocycles. The SMILES string of the molecule is [2H]C1=C2C([2H])([2H])CC3C(CC[C@@]4(C)C3CC[C@]4(C#C)OC(C)=O)[C@@]2([2H])CC([2H])([2H])C1=O. The molecule has 3 fully saturated rings. The van der Waals surface area contributed by atoms with E-state index in [1.54, 1.807) is 0 Å². The fourth-order valence-electron chi connectivity index (χ4n) is 5.88. The second-order valence-electron chi connectivity index (χ2n) is 8.03. The number of carbonyl (C=O) groups is 2. The first kappa shape index (κ1) is 11.2. The van der Waals surface area contributed by atoms with Gasteiger partial charge in [-0.15, -0.1) is 6.42 Å². The van der Waals surface area contributed by atoms with Crippen LogP contribution in [0.15, 0.2) is 11.6 Å². The van der Waals surface area contributed by atoms with Crippen LogP contribution in [0.5, 0.6) is 0 Å². The lowest BCUT2D eigenvalue weighted by molar-refractivity contribution is -0.167. The van der Waals surface area contributed by atoms with Gasteiger partial charge in [-0.3, -0.25) is 9.59 Å². The lowest BCUT2D eigenvalue weighted by Gasteiger charge is -2.55. The summed E-state index contributed by atoms with van der Waals surface area (Å²) in [4.78, 5) is 24.2. The summed E-state index contributed by atoms with van der Waals surface area (Å²) in [7, 11) is 0. The molecule has 0 aliphatic heterocycles. The Morgan fingerprint density at radius 2 is 2.16 bits per heavy atom. The number of hydrogen-bond acceptors (Lipinski definition) is 3. The van der Waals surface area contributed by atoms with Gasteiger partial charge in [0.05, 0.1) is 1.37 Å². The van der Waals surface area contributed by atoms with Crippen LogP contribution in [0.1, 0.15) is 73.3 Å². The van der Waals surface area contributed by atoms with Gasteiger partial charge in [0.25, 0.3) is 0 Å². The van der Waals surface area contributed by atoms with Gasteiger partial charge >= 0.3 is 5.97 Å². The van der Waals surface area contributed by atoms with Crippen molar-refractivity contribution in [3.8, 4) is 12.3 Å². The van der Waals surface area contributed by atoms with Gasteiger partial charge in [0, 0.05) is 25.6 Å². The predicted molar refractivity (Wildman–Crippen MR) is 95.4 cm³/mol. The van der Waals surface area contributed by atoms with Gasteiger partial charge < -0.3 is 4.74 Å². The third kappa shape index (κ3) is 2.33. The Morgan fingerprint density at radius 1 is 1.36 bits per heavy atom. The van der Waals surface area contributed by atoms with Gasteiger partial charge in [-0.2, -0.15) is 0 Å². The van der Waals surface area contributed by atoms with Crippen LogP contribution in [0.3, 0.4) is 0 Å². The lowest BCUT2D eigenvalue weighted by Crippen LogP contribution is -2.53. The van der Waals surface area contributed by atoms with Gasteiger partial charge in [-0.1, -0.05) is 18.4 Å². The molecule has 0 aromatic carbocycles. The molecule has 0 aromatic heterocycles. The maximum atomic E-state index is 12.4. The first-order valence-corrected chi connectivity index (χ1v) is 9.09. The Bertz CT molecular complexity index is 936. The van der Waals surface area contributed by atoms with Gasteiger partial charge in [0.2, 0.25) is 0 Å². The minimum atomic E-state index is -2.36. The number of hydrogen-bond donors (Lipinski definition) is 0. The third-order valence-electron chi connectivity index (χ3n) is 7.07. The van der Waals surface area contributed by atoms with Crippen molar-refractivity contribution in [2.45, 2.75) is 70.7 Å². The zero-order valence-electron chi connectivity index (χ0n) is 20.8. The van der Waals surface area contributed by atoms with E-state index >= 15 is 0 Å². The molecule has 3 heteroatoms. The topological polar surface area (TPSA) is 43.4 Å². The van der Waals surface area contributed by atoms with Crippen molar-refractivity contribution in [2.75, 3.05) is 0 Å². The molecular weight excluding hydrogens is 312 g/mol. The fraction of sp³-hybridized carbons (Fsp3) is 0.727. The highest BCUT2D eigenvalue weighted by Gasteiger charge is 2.64. The van der Waals surface area contributed by atoms with Crippen LogP contribution in [-0.2, 0) is 14.3 Å². The molecule has 0 heterocycles. The monoisotopic (exact) mass is 346 g/mol. The molecule has 4 aliphatic rings. The smallest absolute Gasteiger partial charge is 0.304 e. The number of ketones is 1. The summed E-state index contributed by atoms with van der Waals surface area (Å²) in [6.07, 6.45) is 3.18. The highest BCUT2D eigenvalue weighted by Crippen LogP contribution is 2.65. The van der Waals surface area contributed by atoms with Crippen molar-refractivity contribution >= 4 is 11.8 Å². The molecule has 3 nitrogen and oxygen atoms in total. The number of rotatable bonds is 1. The van der Waals surface area contributed by atoms with E-state index in [2.05, 4.69) is 5.92 Å². The summed E-state index contributed by atoms with van der Waals surface area (Å²) in [6.45, 7) is 3.31. The van der Waals surface area contributed by atoms with Crippen molar-refractivity contribution in [1.29, 1.82) is 0 Å². The van der Waals surface area contributed by atoms with E-state index in [0.717, 1.165) is 0 Å². The number of carbonyl (C=O) groups excluding carboxylic acids is 2. The molecule has 0 radical (unpaired) electrons. The Hall–Kier alpha value is -1.56. The minimum absolute atomic E-state index is 0.0489. The standard InChI is InChI=1S/C22H28O3/c1-4-22(25-14(2)23)12-10-20-19-7-5-15-13-16(24)6-8-17(15)18(19)9-11-21(20,22)3/h1,13,17-20H,5-12H2,2-3H3/t17-,18?,19?,20?,21-,22-/m0/s1/i5D2,6D2,13D,17D. The number of terminal acetylenes is 1. The van der Waals surface area contributed by atoms with E-state index in [9.17, 15) is 11.0 Å². The molecule has 0 amide bonds. The second-order valence-corrected chi connectivity index (χ2v) is 8.03. The van der Waals surface area contributed by atoms with Crippen LogP contribution in [0.2, 0.25) is 0 Å². The van der Waals surface area contributed by atoms with E-state index in [1.807, 2.05) is 6.92 Å². The van der Waals surface area contributed by atoms with Crippen LogP contribution in [0.25, 0.3) is 0 Å². The maximum Gasteiger partial charge on any atom is 0.304 e. The Labute approximate surface area is 159 Å². The molecule has 4 aliphatic carbocycles. The van der Waals surface area contributed by atoms with Crippen molar-refractivity contribution < 1.29 is 22.6 Å². The van der Waals surface area contributed by atoms with E-state index < -0.39 is 53.9 Å². The van der Waals surface area contributed by atoms with E-state index in [4.69, 9.17) is 18.0 Å². The zero-order valence-corrected chi connectivity index (χ0v) is 14.8. The Kier molecular flexibility index (Phi) is 2.57. The average molecular weight is 346 g/mol. The van der Waals surface area contributed by atoms with Crippen molar-refractivity contribution in [1.82, 2.24) is 0 Å². The highest BCUT2D eigenvalue weighted by molar-refractivity contribution is 5.91. The maximum absolute atomic E-state index is 12.4. The Balaban J connectivity index is 1.82. The first-order chi connectivity index (χ1) is 14.2. The molecule has 3 unspecified atom stereocenters. The molecule has 0 aromatic rings. The van der Waals surface area contributed by atoms with Crippen LogP contribution in [0, 0.1) is 41.4 Å². The summed E-state index contributed by atoms with van der Waals surface area (Å²) in [5.74, 6) is -1.19. The van der Waals surface area contributed by atoms with Crippen LogP contribution in [0.4, 0.5) is 0 Å². The van der Waals surface area contributed by atoms with Crippen LogP contribution < -0.4 is 0 Å². The summed E-state index contributed by atoms with van der Waals surface area (Å²) >= 11 is 0. The summed E-state index contributed by atoms with van der Waals surface area (Å²) < 4.78 is 56.9. The van der Waals surface area contributed by atoms with Crippen LogP contribution in [-0.4, -0.2) is 17.4 Å². The van der Waals surface area contributed by atoms with Crippen LogP contribution >= 0.6 is 0 Å². The number of ether oxygens (including phenoxy) is 1. The summed E-state index contributed by atoms with van der Waals surface area (Å²) in [5.41, 5.74) is -1.81. The van der Waals surface area contributed by atoms with Gasteiger partial charge in [-0.25, -0.2) is 0 Å². The predicted octanol–water partition coefficient (Wildman–Crippen LogP) is 4.06. The average Bonchev–Trinajstić information content (AvgIpc) is 2.91. The fourth-order valence-corrected chi connectivity index (χ4v) is 5.88. The second kappa shape index (κ2) is 5.73. The number of allylic oxidation sites excluding steroid dienone is 1. The minimum Gasteiger partial charge on any atom is -0.445 e. The highest BCUT2D eigenvalue weighted by atomic mass is 16.6. The van der Waals surface area contributed by atoms with E-state index in [-0.39, 0.29) is 29.7 Å². The van der Waals surface area contributed by atoms with Crippen molar-refractivity contribution in [3.63, 3.8) is 0 Å². The molecule has 4 rings (SSSR count). The Morgan fingerprint density at radius 3 is 2.88 bits per heavy atom. The molecule has 134 valence electrons. The molecule has 6 atom stereocenters. The summed E-state index contributed by atoms with van der Waals surface area (Å²) in [6, 6.07) is -0.674. The van der Waals surface area contributed by atoms with Crippen molar-refractivity contribution in [2.24, 2.45) is 29.1 Å². The van der Waals surface area contributed by atoms with Crippen molar-refractivity contribution in [3.05, 3.63) is 11.6 Å². The van der Waals surface area contributed by atoms with Gasteiger partial charge in [0.1, 0.15) is 0 Å². The summed E-state index contributed by atoms with van der Waals surface area (Å²) in [5, 5.41) is 0. The number of fused-ring (bicyclic) bond motifs is 5. The largest absolute Gasteiger partial charge is 0.445 e. The van der Waals surface area contributed by atoms with E-state index in [1.165, 1.54) is 6.92 Å². The normalized spacial score (nSPS) is 56.4. The molecule has 0 spiro atoms. The lowest BCUT2D eigenvalue weighted by atomic mass is 9.50. The first-order valence-electron chi connectivity index (χ1n) is 12.1. The number of esters is 1. The molecule has 0 bridgehead atoms. The zero-order chi connectivity index (χ0) is 23.2. The van der Waals surface area contributed by atoms with Gasteiger partial charge in [-0.05, 0) is 74.6 Å². The molecular formula is C22H28O3. The quantitative estimate of drug-likeness (QED) is 0.531.